The molecule has 3 aromatic rings. The van der Waals surface area contributed by atoms with Crippen LogP contribution in [0.2, 0.25) is 0 Å². The number of hydrogen-bond donors (Lipinski definition) is 2. The lowest BCUT2D eigenvalue weighted by molar-refractivity contribution is -0.123. The number of hydrogen-bond acceptors (Lipinski definition) is 4. The molecular formula is C23H24N4O3. The fraction of sp³-hybridized carbons (Fsp3) is 0.261. The summed E-state index contributed by atoms with van der Waals surface area (Å²) >= 11 is 0. The molecule has 0 saturated carbocycles. The van der Waals surface area contributed by atoms with Crippen LogP contribution in [-0.2, 0) is 9.59 Å². The first-order valence-electron chi connectivity index (χ1n) is 9.79. The largest absolute Gasteiger partial charge is 0.497 e. The number of nitrogens with zero attached hydrogens (tertiary/aromatic N) is 2. The lowest BCUT2D eigenvalue weighted by Crippen LogP contribution is -2.24. The Morgan fingerprint density at radius 3 is 2.73 bits per heavy atom. The van der Waals surface area contributed by atoms with E-state index in [-0.39, 0.29) is 18.2 Å². The maximum absolute atomic E-state index is 12.7. The molecule has 0 fully saturated rings. The molecule has 4 rings (SSSR count). The SMILES string of the molecule is COc1cccc(-c2c(C)nn3c2NC(=O)C3CC(=O)Nc2ccc(C)cc2C)c1. The molecule has 0 spiro atoms. The molecule has 1 aliphatic rings. The summed E-state index contributed by atoms with van der Waals surface area (Å²) in [6.07, 6.45) is 0.00478. The predicted octanol–water partition coefficient (Wildman–Crippen LogP) is 4.01. The topological polar surface area (TPSA) is 85.2 Å². The average Bonchev–Trinajstić information content (AvgIpc) is 3.18. The molecule has 154 valence electrons. The highest BCUT2D eigenvalue weighted by Gasteiger charge is 2.36. The fourth-order valence-corrected chi connectivity index (χ4v) is 3.84. The summed E-state index contributed by atoms with van der Waals surface area (Å²) in [6, 6.07) is 12.7. The van der Waals surface area contributed by atoms with Crippen LogP contribution in [0.5, 0.6) is 5.75 Å². The Hall–Kier alpha value is -3.61. The third-order valence-electron chi connectivity index (χ3n) is 5.32. The number of carbonyl (C=O) groups excluding carboxylic acids is 2. The van der Waals surface area contributed by atoms with Gasteiger partial charge in [0, 0.05) is 11.3 Å². The molecule has 1 atom stereocenters. The Kier molecular flexibility index (Phi) is 5.03. The summed E-state index contributed by atoms with van der Waals surface area (Å²) in [5.74, 6) is 0.860. The number of amides is 2. The van der Waals surface area contributed by atoms with E-state index in [0.29, 0.717) is 5.82 Å². The number of anilines is 2. The molecule has 1 unspecified atom stereocenters. The van der Waals surface area contributed by atoms with Crippen LogP contribution in [0.15, 0.2) is 42.5 Å². The van der Waals surface area contributed by atoms with Crippen molar-refractivity contribution in [1.29, 1.82) is 0 Å². The highest BCUT2D eigenvalue weighted by Crippen LogP contribution is 2.39. The van der Waals surface area contributed by atoms with E-state index in [4.69, 9.17) is 4.74 Å². The molecule has 1 aromatic heterocycles. The lowest BCUT2D eigenvalue weighted by atomic mass is 10.1. The third-order valence-corrected chi connectivity index (χ3v) is 5.32. The van der Waals surface area contributed by atoms with E-state index in [1.54, 1.807) is 11.8 Å². The van der Waals surface area contributed by atoms with Gasteiger partial charge in [-0.1, -0.05) is 29.8 Å². The van der Waals surface area contributed by atoms with E-state index < -0.39 is 6.04 Å². The number of carbonyl (C=O) groups is 2. The van der Waals surface area contributed by atoms with Crippen molar-refractivity contribution in [3.8, 4) is 16.9 Å². The van der Waals surface area contributed by atoms with Crippen LogP contribution in [0.1, 0.15) is 29.3 Å². The first-order chi connectivity index (χ1) is 14.4. The van der Waals surface area contributed by atoms with Crippen LogP contribution >= 0.6 is 0 Å². The van der Waals surface area contributed by atoms with E-state index >= 15 is 0 Å². The van der Waals surface area contributed by atoms with Crippen molar-refractivity contribution in [2.75, 3.05) is 17.7 Å². The minimum absolute atomic E-state index is 0.00478. The zero-order chi connectivity index (χ0) is 21.4. The van der Waals surface area contributed by atoms with Gasteiger partial charge in [-0.05, 0) is 50.1 Å². The summed E-state index contributed by atoms with van der Waals surface area (Å²) in [7, 11) is 1.61. The van der Waals surface area contributed by atoms with E-state index in [0.717, 1.165) is 39.4 Å². The standard InChI is InChI=1S/C23H24N4O3/c1-13-8-9-18(14(2)10-13)24-20(28)12-19-23(29)25-22-21(15(3)26-27(19)22)16-6-5-7-17(11-16)30-4/h5-11,19H,12H2,1-4H3,(H,24,28)(H,25,29). The quantitative estimate of drug-likeness (QED) is 0.673. The summed E-state index contributed by atoms with van der Waals surface area (Å²) < 4.78 is 6.93. The van der Waals surface area contributed by atoms with Crippen molar-refractivity contribution >= 4 is 23.3 Å². The van der Waals surface area contributed by atoms with Gasteiger partial charge in [-0.2, -0.15) is 5.10 Å². The molecule has 0 aliphatic carbocycles. The Morgan fingerprint density at radius 2 is 2.00 bits per heavy atom. The van der Waals surface area contributed by atoms with E-state index in [1.165, 1.54) is 0 Å². The molecule has 2 aromatic carbocycles. The van der Waals surface area contributed by atoms with Crippen molar-refractivity contribution in [3.63, 3.8) is 0 Å². The van der Waals surface area contributed by atoms with Gasteiger partial charge >= 0.3 is 0 Å². The highest BCUT2D eigenvalue weighted by atomic mass is 16.5. The van der Waals surface area contributed by atoms with Crippen LogP contribution in [0.4, 0.5) is 11.5 Å². The van der Waals surface area contributed by atoms with Gasteiger partial charge in [0.25, 0.3) is 5.91 Å². The highest BCUT2D eigenvalue weighted by molar-refractivity contribution is 6.04. The number of ether oxygens (including phenoxy) is 1. The second-order valence-corrected chi connectivity index (χ2v) is 7.56. The minimum Gasteiger partial charge on any atom is -0.497 e. The van der Waals surface area contributed by atoms with Gasteiger partial charge in [0.05, 0.1) is 19.2 Å². The molecule has 0 saturated heterocycles. The Bertz CT molecular complexity index is 1150. The molecular weight excluding hydrogens is 380 g/mol. The normalized spacial score (nSPS) is 14.9. The molecule has 1 aliphatic heterocycles. The Labute approximate surface area is 175 Å². The Morgan fingerprint density at radius 1 is 1.20 bits per heavy atom. The number of rotatable bonds is 5. The second-order valence-electron chi connectivity index (χ2n) is 7.56. The van der Waals surface area contributed by atoms with Gasteiger partial charge in [-0.3, -0.25) is 9.59 Å². The molecule has 7 heteroatoms. The average molecular weight is 404 g/mol. The van der Waals surface area contributed by atoms with E-state index in [9.17, 15) is 9.59 Å². The third kappa shape index (κ3) is 3.54. The van der Waals surface area contributed by atoms with Crippen molar-refractivity contribution < 1.29 is 14.3 Å². The molecule has 2 heterocycles. The zero-order valence-corrected chi connectivity index (χ0v) is 17.4. The maximum Gasteiger partial charge on any atom is 0.251 e. The van der Waals surface area contributed by atoms with Crippen molar-refractivity contribution in [2.45, 2.75) is 33.2 Å². The molecule has 0 bridgehead atoms. The lowest BCUT2D eigenvalue weighted by Gasteiger charge is -2.12. The van der Waals surface area contributed by atoms with Crippen molar-refractivity contribution in [2.24, 2.45) is 0 Å². The first-order valence-corrected chi connectivity index (χ1v) is 9.79. The molecule has 30 heavy (non-hydrogen) atoms. The predicted molar refractivity (Wildman–Crippen MR) is 116 cm³/mol. The van der Waals surface area contributed by atoms with Crippen LogP contribution in [0, 0.1) is 20.8 Å². The molecule has 2 N–H and O–H groups in total. The summed E-state index contributed by atoms with van der Waals surface area (Å²) in [5.41, 5.74) is 5.36. The van der Waals surface area contributed by atoms with Crippen LogP contribution in [0.25, 0.3) is 11.1 Å². The van der Waals surface area contributed by atoms with Gasteiger partial charge in [0.2, 0.25) is 5.91 Å². The van der Waals surface area contributed by atoms with Gasteiger partial charge < -0.3 is 15.4 Å². The molecule has 0 radical (unpaired) electrons. The number of aromatic nitrogens is 2. The van der Waals surface area contributed by atoms with Crippen LogP contribution < -0.4 is 15.4 Å². The molecule has 2 amide bonds. The monoisotopic (exact) mass is 404 g/mol. The summed E-state index contributed by atoms with van der Waals surface area (Å²) in [6.45, 7) is 5.84. The number of benzene rings is 2. The summed E-state index contributed by atoms with van der Waals surface area (Å²) in [5, 5.41) is 10.4. The van der Waals surface area contributed by atoms with Gasteiger partial charge in [0.15, 0.2) is 0 Å². The van der Waals surface area contributed by atoms with Gasteiger partial charge in [0.1, 0.15) is 17.6 Å². The van der Waals surface area contributed by atoms with E-state index in [2.05, 4.69) is 15.7 Å². The van der Waals surface area contributed by atoms with Crippen LogP contribution in [-0.4, -0.2) is 28.7 Å². The van der Waals surface area contributed by atoms with E-state index in [1.807, 2.05) is 63.2 Å². The number of nitrogens with one attached hydrogen (secondary N) is 2. The second kappa shape index (κ2) is 7.67. The summed E-state index contributed by atoms with van der Waals surface area (Å²) in [4.78, 5) is 25.3. The maximum atomic E-state index is 12.7. The number of methoxy groups -OCH3 is 1. The Balaban J connectivity index is 1.59. The molecule has 7 nitrogen and oxygen atoms in total. The number of fused-ring (bicyclic) bond motifs is 1. The van der Waals surface area contributed by atoms with Gasteiger partial charge in [-0.15, -0.1) is 0 Å². The van der Waals surface area contributed by atoms with Crippen LogP contribution in [0.3, 0.4) is 0 Å². The van der Waals surface area contributed by atoms with Crippen molar-refractivity contribution in [1.82, 2.24) is 9.78 Å². The number of aryl methyl sites for hydroxylation is 3. The minimum atomic E-state index is -0.691. The first kappa shape index (κ1) is 19.7. The van der Waals surface area contributed by atoms with Crippen molar-refractivity contribution in [3.05, 3.63) is 59.3 Å². The zero-order valence-electron chi connectivity index (χ0n) is 17.4. The fourth-order valence-electron chi connectivity index (χ4n) is 3.84. The smallest absolute Gasteiger partial charge is 0.251 e. The van der Waals surface area contributed by atoms with Gasteiger partial charge in [-0.25, -0.2) is 4.68 Å².